The molecule has 1 aliphatic rings. The van der Waals surface area contributed by atoms with Gasteiger partial charge in [-0.1, -0.05) is 6.07 Å². The van der Waals surface area contributed by atoms with Gasteiger partial charge in [-0.15, -0.1) is 11.6 Å². The summed E-state index contributed by atoms with van der Waals surface area (Å²) < 4.78 is 5.46. The summed E-state index contributed by atoms with van der Waals surface area (Å²) in [5.74, 6) is 0.711. The van der Waals surface area contributed by atoms with Crippen LogP contribution in [0.1, 0.15) is 18.4 Å². The molecule has 0 aromatic heterocycles. The highest BCUT2D eigenvalue weighted by molar-refractivity contribution is 6.17. The molecule has 0 amide bonds. The Morgan fingerprint density at radius 3 is 2.95 bits per heavy atom. The van der Waals surface area contributed by atoms with Gasteiger partial charge in [0.25, 0.3) is 5.69 Å². The van der Waals surface area contributed by atoms with E-state index in [1.54, 1.807) is 12.1 Å². The van der Waals surface area contributed by atoms with Crippen molar-refractivity contribution in [3.05, 3.63) is 33.9 Å². The number of benzene rings is 1. The van der Waals surface area contributed by atoms with Crippen LogP contribution >= 0.6 is 11.6 Å². The van der Waals surface area contributed by atoms with Crippen LogP contribution in [0.15, 0.2) is 18.2 Å². The van der Waals surface area contributed by atoms with E-state index in [-0.39, 0.29) is 16.5 Å². The van der Waals surface area contributed by atoms with Crippen LogP contribution in [-0.2, 0) is 10.6 Å². The Morgan fingerprint density at radius 1 is 1.55 bits per heavy atom. The maximum atomic E-state index is 11.2. The van der Waals surface area contributed by atoms with Crippen molar-refractivity contribution in [3.63, 3.8) is 0 Å². The van der Waals surface area contributed by atoms with E-state index in [4.69, 9.17) is 16.3 Å². The maximum absolute atomic E-state index is 11.2. The fourth-order valence-electron chi connectivity index (χ4n) is 2.56. The summed E-state index contributed by atoms with van der Waals surface area (Å²) in [6, 6.07) is 5.17. The van der Waals surface area contributed by atoms with Gasteiger partial charge in [-0.2, -0.15) is 0 Å². The summed E-state index contributed by atoms with van der Waals surface area (Å²) in [5.41, 5.74) is 1.51. The third kappa shape index (κ3) is 3.61. The van der Waals surface area contributed by atoms with Crippen LogP contribution in [0.4, 0.5) is 11.4 Å². The topological polar surface area (TPSA) is 55.6 Å². The first-order valence-electron chi connectivity index (χ1n) is 6.74. The lowest BCUT2D eigenvalue weighted by Crippen LogP contribution is -2.31. The maximum Gasteiger partial charge on any atom is 0.292 e. The number of nitro groups is 1. The van der Waals surface area contributed by atoms with Crippen molar-refractivity contribution in [2.45, 2.75) is 18.7 Å². The Balaban J connectivity index is 2.15. The van der Waals surface area contributed by atoms with E-state index in [2.05, 4.69) is 0 Å². The van der Waals surface area contributed by atoms with Crippen molar-refractivity contribution in [1.82, 2.24) is 0 Å². The number of rotatable bonds is 5. The van der Waals surface area contributed by atoms with E-state index in [0.29, 0.717) is 11.6 Å². The van der Waals surface area contributed by atoms with Crippen LogP contribution in [-0.4, -0.2) is 31.7 Å². The van der Waals surface area contributed by atoms with E-state index >= 15 is 0 Å². The van der Waals surface area contributed by atoms with Gasteiger partial charge in [-0.05, 0) is 30.4 Å². The highest BCUT2D eigenvalue weighted by atomic mass is 35.5. The van der Waals surface area contributed by atoms with Crippen molar-refractivity contribution < 1.29 is 9.66 Å². The van der Waals surface area contributed by atoms with Crippen molar-refractivity contribution in [1.29, 1.82) is 0 Å². The summed E-state index contributed by atoms with van der Waals surface area (Å²) in [7, 11) is 1.89. The predicted octanol–water partition coefficient (Wildman–Crippen LogP) is 3.20. The monoisotopic (exact) mass is 298 g/mol. The average molecular weight is 299 g/mol. The van der Waals surface area contributed by atoms with E-state index in [1.165, 1.54) is 0 Å². The SMILES string of the molecule is CN(CC1CCCOC1)c1ccc(CCl)cc1[N+](=O)[O-]. The lowest BCUT2D eigenvalue weighted by Gasteiger charge is -2.28. The Labute approximate surface area is 123 Å². The molecule has 0 radical (unpaired) electrons. The molecule has 0 bridgehead atoms. The second-order valence-corrected chi connectivity index (χ2v) is 5.44. The van der Waals surface area contributed by atoms with Crippen molar-refractivity contribution in [2.75, 3.05) is 31.7 Å². The molecular formula is C14H19ClN2O3. The van der Waals surface area contributed by atoms with Gasteiger partial charge in [0, 0.05) is 32.1 Å². The number of hydrogen-bond donors (Lipinski definition) is 0. The van der Waals surface area contributed by atoms with Crippen LogP contribution in [0.3, 0.4) is 0 Å². The third-order valence-corrected chi connectivity index (χ3v) is 3.90. The van der Waals surface area contributed by atoms with Gasteiger partial charge >= 0.3 is 0 Å². The number of halogens is 1. The predicted molar refractivity (Wildman–Crippen MR) is 79.5 cm³/mol. The van der Waals surface area contributed by atoms with E-state index in [9.17, 15) is 10.1 Å². The first-order valence-corrected chi connectivity index (χ1v) is 7.27. The smallest absolute Gasteiger partial charge is 0.292 e. The summed E-state index contributed by atoms with van der Waals surface area (Å²) in [6.07, 6.45) is 2.17. The molecule has 2 rings (SSSR count). The van der Waals surface area contributed by atoms with Crippen LogP contribution in [0, 0.1) is 16.0 Å². The summed E-state index contributed by atoms with van der Waals surface area (Å²) in [4.78, 5) is 12.8. The second kappa shape index (κ2) is 6.90. The normalized spacial score (nSPS) is 18.8. The Morgan fingerprint density at radius 2 is 2.35 bits per heavy atom. The minimum absolute atomic E-state index is 0.113. The number of nitro benzene ring substituents is 1. The van der Waals surface area contributed by atoms with Crippen LogP contribution in [0.2, 0.25) is 0 Å². The first kappa shape index (κ1) is 15.1. The first-order chi connectivity index (χ1) is 9.61. The lowest BCUT2D eigenvalue weighted by molar-refractivity contribution is -0.384. The Bertz CT molecular complexity index is 475. The minimum atomic E-state index is -0.348. The van der Waals surface area contributed by atoms with Crippen molar-refractivity contribution in [2.24, 2.45) is 5.92 Å². The van der Waals surface area contributed by atoms with Crippen LogP contribution < -0.4 is 4.90 Å². The number of nitrogens with zero attached hydrogens (tertiary/aromatic N) is 2. The Kier molecular flexibility index (Phi) is 5.20. The van der Waals surface area contributed by atoms with Crippen molar-refractivity contribution >= 4 is 23.0 Å². The summed E-state index contributed by atoms with van der Waals surface area (Å²) >= 11 is 5.74. The zero-order valence-electron chi connectivity index (χ0n) is 11.5. The molecule has 1 fully saturated rings. The van der Waals surface area contributed by atoms with Crippen LogP contribution in [0.5, 0.6) is 0 Å². The zero-order chi connectivity index (χ0) is 14.5. The van der Waals surface area contributed by atoms with Gasteiger partial charge < -0.3 is 9.64 Å². The van der Waals surface area contributed by atoms with E-state index < -0.39 is 0 Å². The standard InChI is InChI=1S/C14H19ClN2O3/c1-16(9-12-3-2-6-20-10-12)13-5-4-11(8-15)7-14(13)17(18)19/h4-5,7,12H,2-3,6,8-10H2,1H3. The molecule has 20 heavy (non-hydrogen) atoms. The summed E-state index contributed by atoms with van der Waals surface area (Å²) in [5, 5.41) is 11.2. The fourth-order valence-corrected chi connectivity index (χ4v) is 2.72. The van der Waals surface area contributed by atoms with Gasteiger partial charge in [-0.25, -0.2) is 0 Å². The molecule has 0 spiro atoms. The molecule has 5 nitrogen and oxygen atoms in total. The molecule has 1 aliphatic heterocycles. The van der Waals surface area contributed by atoms with Crippen molar-refractivity contribution in [3.8, 4) is 0 Å². The number of hydrogen-bond acceptors (Lipinski definition) is 4. The van der Waals surface area contributed by atoms with Gasteiger partial charge in [0.15, 0.2) is 0 Å². The van der Waals surface area contributed by atoms with Gasteiger partial charge in [0.05, 0.1) is 11.5 Å². The third-order valence-electron chi connectivity index (χ3n) is 3.59. The van der Waals surface area contributed by atoms with Crippen LogP contribution in [0.25, 0.3) is 0 Å². The number of alkyl halides is 1. The van der Waals surface area contributed by atoms with Gasteiger partial charge in [0.1, 0.15) is 5.69 Å². The fraction of sp³-hybridized carbons (Fsp3) is 0.571. The molecule has 110 valence electrons. The molecule has 0 saturated carbocycles. The zero-order valence-corrected chi connectivity index (χ0v) is 12.3. The molecule has 0 aliphatic carbocycles. The molecular weight excluding hydrogens is 280 g/mol. The second-order valence-electron chi connectivity index (χ2n) is 5.18. The molecule has 1 aromatic carbocycles. The number of ether oxygens (including phenoxy) is 1. The molecule has 6 heteroatoms. The van der Waals surface area contributed by atoms with E-state index in [1.807, 2.05) is 18.0 Å². The molecule has 1 heterocycles. The minimum Gasteiger partial charge on any atom is -0.381 e. The molecule has 1 atom stereocenters. The van der Waals surface area contributed by atoms with Gasteiger partial charge in [0.2, 0.25) is 0 Å². The molecule has 0 N–H and O–H groups in total. The summed E-state index contributed by atoms with van der Waals surface area (Å²) in [6.45, 7) is 2.32. The molecule has 1 unspecified atom stereocenters. The highest BCUT2D eigenvalue weighted by Crippen LogP contribution is 2.30. The lowest BCUT2D eigenvalue weighted by atomic mass is 10.0. The largest absolute Gasteiger partial charge is 0.381 e. The van der Waals surface area contributed by atoms with Gasteiger partial charge in [-0.3, -0.25) is 10.1 Å². The average Bonchev–Trinajstić information content (AvgIpc) is 2.47. The molecule has 1 aromatic rings. The Hall–Kier alpha value is -1.33. The number of anilines is 1. The molecule has 1 saturated heterocycles. The quantitative estimate of drug-likeness (QED) is 0.476. The highest BCUT2D eigenvalue weighted by Gasteiger charge is 2.21. The van der Waals surface area contributed by atoms with E-state index in [0.717, 1.165) is 38.2 Å².